The third-order valence-corrected chi connectivity index (χ3v) is 4.30. The normalized spacial score (nSPS) is 11.7. The predicted molar refractivity (Wildman–Crippen MR) is 91.2 cm³/mol. The quantitative estimate of drug-likeness (QED) is 0.433. The number of nitrogens with two attached hydrogens (primary N) is 1. The molecule has 0 saturated heterocycles. The van der Waals surface area contributed by atoms with E-state index in [9.17, 15) is 0 Å². The molecule has 4 N–H and O–H groups in total. The van der Waals surface area contributed by atoms with Crippen molar-refractivity contribution in [3.8, 4) is 0 Å². The highest BCUT2D eigenvalue weighted by molar-refractivity contribution is 6.05. The van der Waals surface area contributed by atoms with E-state index in [2.05, 4.69) is 32.1 Å². The first-order chi connectivity index (χ1) is 11.8. The number of benzene rings is 1. The van der Waals surface area contributed by atoms with E-state index in [4.69, 9.17) is 10.7 Å². The molecule has 24 heavy (non-hydrogen) atoms. The Morgan fingerprint density at radius 3 is 2.88 bits per heavy atom. The Kier molecular flexibility index (Phi) is 2.58. The van der Waals surface area contributed by atoms with Gasteiger partial charge in [-0.2, -0.15) is 4.98 Å². The van der Waals surface area contributed by atoms with E-state index in [0.29, 0.717) is 12.4 Å². The molecular weight excluding hydrogens is 302 g/mol. The van der Waals surface area contributed by atoms with Gasteiger partial charge in [0, 0.05) is 17.0 Å². The molecule has 0 aliphatic rings. The number of nitrogen functional groups attached to an aromatic ring is 1. The molecule has 0 saturated carbocycles. The molecule has 0 spiro atoms. The Bertz CT molecular complexity index is 1200. The van der Waals surface area contributed by atoms with Gasteiger partial charge in [-0.15, -0.1) is 0 Å². The number of aromatic amines is 2. The fraction of sp³-hybridized carbons (Fsp3) is 0.0588. The van der Waals surface area contributed by atoms with Gasteiger partial charge in [-0.25, -0.2) is 9.55 Å². The molecule has 0 fully saturated rings. The van der Waals surface area contributed by atoms with Gasteiger partial charge in [0.1, 0.15) is 6.54 Å². The van der Waals surface area contributed by atoms with E-state index >= 15 is 0 Å². The molecule has 0 bridgehead atoms. The van der Waals surface area contributed by atoms with Gasteiger partial charge >= 0.3 is 5.65 Å². The zero-order valence-electron chi connectivity index (χ0n) is 12.7. The van der Waals surface area contributed by atoms with Gasteiger partial charge in [0.15, 0.2) is 18.5 Å². The molecule has 4 heterocycles. The van der Waals surface area contributed by atoms with Gasteiger partial charge in [0.25, 0.3) is 0 Å². The van der Waals surface area contributed by atoms with Crippen molar-refractivity contribution < 1.29 is 4.57 Å². The number of nitrogens with one attached hydrogen (secondary N) is 2. The van der Waals surface area contributed by atoms with Crippen molar-refractivity contribution in [2.24, 2.45) is 0 Å². The number of pyridine rings is 1. The summed E-state index contributed by atoms with van der Waals surface area (Å²) in [6, 6.07) is 10.2. The van der Waals surface area contributed by atoms with Crippen LogP contribution in [0, 0.1) is 0 Å². The molecule has 0 aliphatic heterocycles. The Balaban J connectivity index is 1.73. The minimum Gasteiger partial charge on any atom is -0.380 e. The number of para-hydroxylation sites is 1. The van der Waals surface area contributed by atoms with Crippen LogP contribution in [0.4, 0.5) is 5.82 Å². The molecule has 7 heteroatoms. The van der Waals surface area contributed by atoms with Gasteiger partial charge in [0.05, 0.1) is 16.7 Å². The zero-order chi connectivity index (χ0) is 16.1. The average Bonchev–Trinajstić information content (AvgIpc) is 3.24. The van der Waals surface area contributed by atoms with Crippen molar-refractivity contribution in [3.63, 3.8) is 0 Å². The van der Waals surface area contributed by atoms with Crippen LogP contribution in [-0.2, 0) is 6.54 Å². The molecule has 1 aromatic carbocycles. The second-order valence-electron chi connectivity index (χ2n) is 5.70. The Morgan fingerprint density at radius 1 is 1.00 bits per heavy atom. The second kappa shape index (κ2) is 4.76. The van der Waals surface area contributed by atoms with Gasteiger partial charge in [-0.3, -0.25) is 4.98 Å². The number of fused-ring (bicyclic) bond motifs is 4. The maximum absolute atomic E-state index is 5.89. The Labute approximate surface area is 136 Å². The topological polar surface area (TPSA) is 100 Å². The largest absolute Gasteiger partial charge is 0.380 e. The lowest BCUT2D eigenvalue weighted by atomic mass is 10.1. The minimum absolute atomic E-state index is 0.440. The van der Waals surface area contributed by atoms with Crippen LogP contribution in [0.15, 0.2) is 49.2 Å². The molecule has 0 radical (unpaired) electrons. The molecule has 5 rings (SSSR count). The Morgan fingerprint density at radius 2 is 1.92 bits per heavy atom. The van der Waals surface area contributed by atoms with Crippen LogP contribution in [-0.4, -0.2) is 24.9 Å². The third-order valence-electron chi connectivity index (χ3n) is 4.30. The standard InChI is InChI=1S/C17H13N7/c18-16-15-17(21-8-20-16)24(9-22-15)7-13-14-11(5-6-19-14)10-3-1-2-4-12(10)23-13/h1-6,8-9H,7H2,(H3,18,19,20,21,23)/p+1. The maximum Gasteiger partial charge on any atom is 0.307 e. The molecule has 7 nitrogen and oxygen atoms in total. The van der Waals surface area contributed by atoms with Gasteiger partial charge in [-0.05, 0) is 12.1 Å². The first kappa shape index (κ1) is 13.0. The lowest BCUT2D eigenvalue weighted by molar-refractivity contribution is -0.664. The highest BCUT2D eigenvalue weighted by atomic mass is 15.1. The van der Waals surface area contributed by atoms with Crippen LogP contribution in [0.1, 0.15) is 5.69 Å². The Hall–Kier alpha value is -3.48. The second-order valence-corrected chi connectivity index (χ2v) is 5.70. The van der Waals surface area contributed by atoms with Crippen molar-refractivity contribution >= 4 is 38.8 Å². The predicted octanol–water partition coefficient (Wildman–Crippen LogP) is 1.91. The highest BCUT2D eigenvalue weighted by Crippen LogP contribution is 2.25. The number of aromatic nitrogens is 6. The van der Waals surface area contributed by atoms with Crippen molar-refractivity contribution in [2.75, 3.05) is 5.73 Å². The van der Waals surface area contributed by atoms with Crippen LogP contribution in [0.5, 0.6) is 0 Å². The van der Waals surface area contributed by atoms with E-state index in [-0.39, 0.29) is 0 Å². The first-order valence-corrected chi connectivity index (χ1v) is 7.63. The van der Waals surface area contributed by atoms with Gasteiger partial charge in [0.2, 0.25) is 5.52 Å². The fourth-order valence-corrected chi connectivity index (χ4v) is 3.18. The van der Waals surface area contributed by atoms with Crippen molar-refractivity contribution in [1.29, 1.82) is 0 Å². The van der Waals surface area contributed by atoms with Crippen molar-refractivity contribution in [2.45, 2.75) is 6.54 Å². The lowest BCUT2D eigenvalue weighted by Gasteiger charge is -2.05. The van der Waals surface area contributed by atoms with Gasteiger partial charge in [-0.1, -0.05) is 23.2 Å². The number of nitrogens with zero attached hydrogens (tertiary/aromatic N) is 4. The number of hydrogen-bond acceptors (Lipinski definition) is 4. The lowest BCUT2D eigenvalue weighted by Crippen LogP contribution is -2.33. The molecule has 0 atom stereocenters. The number of H-pyrrole nitrogens is 2. The fourth-order valence-electron chi connectivity index (χ4n) is 3.18. The summed E-state index contributed by atoms with van der Waals surface area (Å²) in [5.41, 5.74) is 10.4. The van der Waals surface area contributed by atoms with E-state index in [1.807, 2.05) is 35.3 Å². The summed E-state index contributed by atoms with van der Waals surface area (Å²) in [7, 11) is 0. The van der Waals surface area contributed by atoms with Crippen LogP contribution in [0.2, 0.25) is 0 Å². The summed E-state index contributed by atoms with van der Waals surface area (Å²) in [6.45, 7) is 0.582. The van der Waals surface area contributed by atoms with Gasteiger partial charge < -0.3 is 10.7 Å². The number of rotatable bonds is 2. The summed E-state index contributed by atoms with van der Waals surface area (Å²) in [5.74, 6) is 0.440. The maximum atomic E-state index is 5.89. The minimum atomic E-state index is 0.440. The summed E-state index contributed by atoms with van der Waals surface area (Å²) in [5, 5.41) is 2.32. The monoisotopic (exact) mass is 316 g/mol. The average molecular weight is 316 g/mol. The number of hydrogen-bond donors (Lipinski definition) is 3. The van der Waals surface area contributed by atoms with Crippen LogP contribution in [0.25, 0.3) is 33.0 Å². The summed E-state index contributed by atoms with van der Waals surface area (Å²) >= 11 is 0. The van der Waals surface area contributed by atoms with E-state index in [1.54, 1.807) is 0 Å². The van der Waals surface area contributed by atoms with Crippen LogP contribution < -0.4 is 10.3 Å². The first-order valence-electron chi connectivity index (χ1n) is 7.63. The van der Waals surface area contributed by atoms with Crippen LogP contribution >= 0.6 is 0 Å². The number of anilines is 1. The molecular formula is C17H14N7+. The highest BCUT2D eigenvalue weighted by Gasteiger charge is 2.17. The summed E-state index contributed by atoms with van der Waals surface area (Å²) in [6.07, 6.45) is 5.27. The molecule has 5 aromatic rings. The molecule has 0 amide bonds. The zero-order valence-corrected chi connectivity index (χ0v) is 12.7. The van der Waals surface area contributed by atoms with Crippen LogP contribution in [0.3, 0.4) is 0 Å². The van der Waals surface area contributed by atoms with E-state index in [0.717, 1.165) is 33.3 Å². The summed E-state index contributed by atoms with van der Waals surface area (Å²) < 4.78 is 1.99. The third kappa shape index (κ3) is 1.78. The van der Waals surface area contributed by atoms with Crippen molar-refractivity contribution in [1.82, 2.24) is 24.9 Å². The van der Waals surface area contributed by atoms with Crippen molar-refractivity contribution in [3.05, 3.63) is 54.9 Å². The number of imidazole rings is 1. The molecule has 116 valence electrons. The SMILES string of the molecule is Nc1ncnc2c1[nH]c[n+]2Cc1nc2ccccc2c2cc[nH]c12. The molecule has 0 aliphatic carbocycles. The molecule has 0 unspecified atom stereocenters. The molecule has 4 aromatic heterocycles. The summed E-state index contributed by atoms with van der Waals surface area (Å²) in [4.78, 5) is 19.6. The van der Waals surface area contributed by atoms with E-state index in [1.165, 1.54) is 11.7 Å². The van der Waals surface area contributed by atoms with E-state index < -0.39 is 0 Å². The smallest absolute Gasteiger partial charge is 0.307 e.